The number of carbonyl (C=O) groups is 2. The number of hydrogen-bond donors (Lipinski definition) is 2. The molecule has 0 atom stereocenters. The summed E-state index contributed by atoms with van der Waals surface area (Å²) in [5, 5.41) is 4.90. The number of nitrogens with zero attached hydrogens (tertiary/aromatic N) is 1. The van der Waals surface area contributed by atoms with Crippen LogP contribution in [-0.2, 0) is 16.0 Å². The highest BCUT2D eigenvalue weighted by Gasteiger charge is 2.21. The second-order valence-corrected chi connectivity index (χ2v) is 8.28. The monoisotopic (exact) mass is 393 g/mol. The Morgan fingerprint density at radius 3 is 1.86 bits per heavy atom. The molecule has 0 spiro atoms. The average molecular weight is 393 g/mol. The minimum atomic E-state index is -0.732. The maximum atomic E-state index is 12.1. The van der Waals surface area contributed by atoms with Crippen molar-refractivity contribution >= 4 is 18.1 Å². The lowest BCUT2D eigenvalue weighted by molar-refractivity contribution is 0.0545. The predicted molar refractivity (Wildman–Crippen MR) is 108 cm³/mol. The van der Waals surface area contributed by atoms with Gasteiger partial charge >= 0.3 is 12.2 Å². The van der Waals surface area contributed by atoms with Crippen molar-refractivity contribution in [1.82, 2.24) is 10.6 Å². The third kappa shape index (κ3) is 9.80. The van der Waals surface area contributed by atoms with Crippen LogP contribution in [0.25, 0.3) is 0 Å². The van der Waals surface area contributed by atoms with E-state index in [0.29, 0.717) is 5.75 Å². The van der Waals surface area contributed by atoms with Crippen LogP contribution in [0.1, 0.15) is 52.7 Å². The summed E-state index contributed by atoms with van der Waals surface area (Å²) < 4.78 is 15.7. The number of carbonyl (C=O) groups excluding carboxylic acids is 2. The fraction of sp³-hybridized carbons (Fsp3) is 0.550. The lowest BCUT2D eigenvalue weighted by Gasteiger charge is -2.22. The standard InChI is InChI=1S/C20H31N3O5/c1-13-9-14(11-15(10-13)26-8)12-21-16(22-17(24)27-19(2,3)4)23-18(25)28-20(5,6)7/h9-11H,12H2,1-8H3,(H2,21,22,23,24,25). The van der Waals surface area contributed by atoms with Gasteiger partial charge in [0.2, 0.25) is 5.96 Å². The third-order valence-electron chi connectivity index (χ3n) is 3.00. The summed E-state index contributed by atoms with van der Waals surface area (Å²) in [7, 11) is 1.58. The van der Waals surface area contributed by atoms with Gasteiger partial charge in [0.1, 0.15) is 17.0 Å². The lowest BCUT2D eigenvalue weighted by Crippen LogP contribution is -2.47. The summed E-state index contributed by atoms with van der Waals surface area (Å²) in [4.78, 5) is 28.4. The number of hydrogen-bond acceptors (Lipinski definition) is 6. The van der Waals surface area contributed by atoms with Crippen LogP contribution in [0.4, 0.5) is 9.59 Å². The topological polar surface area (TPSA) is 98.3 Å². The zero-order valence-corrected chi connectivity index (χ0v) is 17.9. The molecule has 156 valence electrons. The van der Waals surface area contributed by atoms with Crippen molar-refractivity contribution in [2.75, 3.05) is 7.11 Å². The number of guanidine groups is 1. The van der Waals surface area contributed by atoms with E-state index in [0.717, 1.165) is 11.1 Å². The molecular weight excluding hydrogens is 362 g/mol. The Labute approximate surface area is 166 Å². The van der Waals surface area contributed by atoms with Crippen molar-refractivity contribution in [1.29, 1.82) is 0 Å². The quantitative estimate of drug-likeness (QED) is 0.599. The van der Waals surface area contributed by atoms with Gasteiger partial charge in [-0.15, -0.1) is 0 Å². The first-order chi connectivity index (χ1) is 12.8. The van der Waals surface area contributed by atoms with Crippen LogP contribution >= 0.6 is 0 Å². The van der Waals surface area contributed by atoms with E-state index in [4.69, 9.17) is 14.2 Å². The molecule has 1 aromatic rings. The van der Waals surface area contributed by atoms with Crippen LogP contribution in [0.3, 0.4) is 0 Å². The van der Waals surface area contributed by atoms with E-state index in [9.17, 15) is 9.59 Å². The van der Waals surface area contributed by atoms with Crippen LogP contribution in [0.15, 0.2) is 23.2 Å². The van der Waals surface area contributed by atoms with Crippen LogP contribution in [0, 0.1) is 6.92 Å². The second kappa shape index (κ2) is 9.43. The molecule has 0 aliphatic carbocycles. The van der Waals surface area contributed by atoms with Crippen molar-refractivity contribution in [2.45, 2.75) is 66.2 Å². The van der Waals surface area contributed by atoms with E-state index in [1.807, 2.05) is 25.1 Å². The Kier molecular flexibility index (Phi) is 7.84. The van der Waals surface area contributed by atoms with Gasteiger partial charge < -0.3 is 14.2 Å². The number of amides is 2. The molecule has 0 aliphatic rings. The Balaban J connectivity index is 2.98. The SMILES string of the molecule is COc1cc(C)cc(CN=C(NC(=O)OC(C)(C)C)NC(=O)OC(C)(C)C)c1. The van der Waals surface area contributed by atoms with E-state index >= 15 is 0 Å². The molecular formula is C20H31N3O5. The fourth-order valence-electron chi connectivity index (χ4n) is 2.11. The number of alkyl carbamates (subject to hydrolysis) is 2. The van der Waals surface area contributed by atoms with Gasteiger partial charge in [-0.1, -0.05) is 6.07 Å². The first-order valence-corrected chi connectivity index (χ1v) is 8.96. The van der Waals surface area contributed by atoms with Gasteiger partial charge in [-0.2, -0.15) is 0 Å². The first-order valence-electron chi connectivity index (χ1n) is 8.96. The third-order valence-corrected chi connectivity index (χ3v) is 3.00. The molecule has 8 heteroatoms. The van der Waals surface area contributed by atoms with Gasteiger partial charge in [0, 0.05) is 0 Å². The minimum absolute atomic E-state index is 0.0658. The Hall–Kier alpha value is -2.77. The lowest BCUT2D eigenvalue weighted by atomic mass is 10.1. The number of aryl methyl sites for hydroxylation is 1. The molecule has 0 saturated carbocycles. The molecule has 0 radical (unpaired) electrons. The normalized spacial score (nSPS) is 11.3. The predicted octanol–water partition coefficient (Wildman–Crippen LogP) is 3.91. The van der Waals surface area contributed by atoms with Gasteiger partial charge in [0.25, 0.3) is 0 Å². The zero-order chi connectivity index (χ0) is 21.5. The summed E-state index contributed by atoms with van der Waals surface area (Å²) in [6, 6.07) is 5.66. The molecule has 0 unspecified atom stereocenters. The summed E-state index contributed by atoms with van der Waals surface area (Å²) in [6.45, 7) is 12.6. The fourth-order valence-corrected chi connectivity index (χ4v) is 2.11. The molecule has 0 aromatic heterocycles. The van der Waals surface area contributed by atoms with E-state index in [-0.39, 0.29) is 12.5 Å². The summed E-state index contributed by atoms with van der Waals surface area (Å²) >= 11 is 0. The minimum Gasteiger partial charge on any atom is -0.497 e. The van der Waals surface area contributed by atoms with Crippen molar-refractivity contribution in [2.24, 2.45) is 4.99 Å². The van der Waals surface area contributed by atoms with Gasteiger partial charge in [-0.3, -0.25) is 10.6 Å². The maximum Gasteiger partial charge on any atom is 0.414 e. The molecule has 1 rings (SSSR count). The van der Waals surface area contributed by atoms with Gasteiger partial charge in [-0.25, -0.2) is 14.6 Å². The highest BCUT2D eigenvalue weighted by molar-refractivity contribution is 6.01. The highest BCUT2D eigenvalue weighted by Crippen LogP contribution is 2.17. The highest BCUT2D eigenvalue weighted by atomic mass is 16.6. The number of nitrogens with one attached hydrogen (secondary N) is 2. The summed E-state index contributed by atoms with van der Waals surface area (Å²) in [5.74, 6) is 0.635. The molecule has 0 aliphatic heterocycles. The van der Waals surface area contributed by atoms with Crippen molar-refractivity contribution in [3.8, 4) is 5.75 Å². The van der Waals surface area contributed by atoms with Crippen molar-refractivity contribution in [3.63, 3.8) is 0 Å². The molecule has 8 nitrogen and oxygen atoms in total. The number of benzene rings is 1. The van der Waals surface area contributed by atoms with E-state index < -0.39 is 23.4 Å². The molecule has 2 N–H and O–H groups in total. The molecule has 28 heavy (non-hydrogen) atoms. The Bertz CT molecular complexity index is 698. The zero-order valence-electron chi connectivity index (χ0n) is 17.9. The maximum absolute atomic E-state index is 12.1. The molecule has 0 bridgehead atoms. The van der Waals surface area contributed by atoms with Crippen molar-refractivity contribution in [3.05, 3.63) is 29.3 Å². The number of aliphatic imine (C=N–C) groups is 1. The molecule has 1 aromatic carbocycles. The van der Waals surface area contributed by atoms with Gasteiger partial charge in [0.15, 0.2) is 0 Å². The average Bonchev–Trinajstić information content (AvgIpc) is 2.48. The van der Waals surface area contributed by atoms with E-state index in [2.05, 4.69) is 15.6 Å². The molecule has 0 heterocycles. The van der Waals surface area contributed by atoms with Gasteiger partial charge in [0.05, 0.1) is 13.7 Å². The first kappa shape index (κ1) is 23.3. The Morgan fingerprint density at radius 1 is 0.929 bits per heavy atom. The molecule has 2 amide bonds. The van der Waals surface area contributed by atoms with Crippen molar-refractivity contribution < 1.29 is 23.8 Å². The molecule has 0 saturated heterocycles. The van der Waals surface area contributed by atoms with Crippen LogP contribution in [0.2, 0.25) is 0 Å². The summed E-state index contributed by atoms with van der Waals surface area (Å²) in [5.41, 5.74) is 0.480. The number of rotatable bonds is 3. The summed E-state index contributed by atoms with van der Waals surface area (Å²) in [6.07, 6.45) is -1.46. The smallest absolute Gasteiger partial charge is 0.414 e. The van der Waals surface area contributed by atoms with E-state index in [1.54, 1.807) is 48.7 Å². The number of ether oxygens (including phenoxy) is 3. The van der Waals surface area contributed by atoms with Crippen LogP contribution < -0.4 is 15.4 Å². The second-order valence-electron chi connectivity index (χ2n) is 8.28. The van der Waals surface area contributed by atoms with Crippen LogP contribution in [0.5, 0.6) is 5.75 Å². The number of methoxy groups -OCH3 is 1. The van der Waals surface area contributed by atoms with Gasteiger partial charge in [-0.05, 0) is 71.7 Å². The van der Waals surface area contributed by atoms with Crippen LogP contribution in [-0.4, -0.2) is 36.5 Å². The Morgan fingerprint density at radius 2 is 1.43 bits per heavy atom. The molecule has 0 fully saturated rings. The largest absolute Gasteiger partial charge is 0.497 e. The van der Waals surface area contributed by atoms with E-state index in [1.165, 1.54) is 0 Å².